The Bertz CT molecular complexity index is 250. The van der Waals surface area contributed by atoms with Crippen LogP contribution in [-0.4, -0.2) is 13.1 Å². The summed E-state index contributed by atoms with van der Waals surface area (Å²) in [6.45, 7) is 9.62. The number of hydrogen-bond acceptors (Lipinski definition) is 1. The van der Waals surface area contributed by atoms with E-state index in [-0.39, 0.29) is 0 Å². The fourth-order valence-electron chi connectivity index (χ4n) is 4.59. The van der Waals surface area contributed by atoms with Gasteiger partial charge in [-0.25, -0.2) is 0 Å². The van der Waals surface area contributed by atoms with Gasteiger partial charge in [0.1, 0.15) is 0 Å². The topological polar surface area (TPSA) is 12.0 Å². The van der Waals surface area contributed by atoms with Gasteiger partial charge in [-0.1, -0.05) is 46.5 Å². The van der Waals surface area contributed by atoms with Gasteiger partial charge in [0.15, 0.2) is 0 Å². The first-order chi connectivity index (χ1) is 9.22. The van der Waals surface area contributed by atoms with E-state index >= 15 is 0 Å². The molecular weight excluding hydrogens is 230 g/mol. The molecule has 2 aliphatic carbocycles. The minimum absolute atomic E-state index is 0.960. The Morgan fingerprint density at radius 2 is 1.68 bits per heavy atom. The molecule has 0 bridgehead atoms. The molecule has 0 aromatic carbocycles. The third-order valence-electron chi connectivity index (χ3n) is 6.12. The van der Waals surface area contributed by atoms with Crippen LogP contribution in [0.3, 0.4) is 0 Å². The first-order valence-corrected chi connectivity index (χ1v) is 8.93. The molecule has 2 rings (SSSR count). The van der Waals surface area contributed by atoms with Crippen molar-refractivity contribution >= 4 is 0 Å². The van der Waals surface area contributed by atoms with Gasteiger partial charge in [0.25, 0.3) is 0 Å². The van der Waals surface area contributed by atoms with Gasteiger partial charge in [0, 0.05) is 0 Å². The van der Waals surface area contributed by atoms with E-state index in [4.69, 9.17) is 0 Å². The van der Waals surface area contributed by atoms with Crippen molar-refractivity contribution in [3.63, 3.8) is 0 Å². The van der Waals surface area contributed by atoms with Crippen molar-refractivity contribution in [1.82, 2.24) is 5.32 Å². The largest absolute Gasteiger partial charge is 0.317 e. The number of rotatable bonds is 4. The molecule has 19 heavy (non-hydrogen) atoms. The molecule has 0 radical (unpaired) electrons. The smallest absolute Gasteiger partial charge is 0.00179 e. The Kier molecular flexibility index (Phi) is 6.19. The minimum atomic E-state index is 0.960. The highest BCUT2D eigenvalue weighted by Crippen LogP contribution is 2.43. The summed E-state index contributed by atoms with van der Waals surface area (Å²) in [6.07, 6.45) is 12.0. The van der Waals surface area contributed by atoms with Gasteiger partial charge in [-0.2, -0.15) is 0 Å². The van der Waals surface area contributed by atoms with E-state index in [9.17, 15) is 0 Å². The molecule has 0 heterocycles. The molecule has 1 nitrogen and oxygen atoms in total. The Hall–Kier alpha value is -0.0400. The molecule has 0 saturated heterocycles. The zero-order valence-corrected chi connectivity index (χ0v) is 13.5. The van der Waals surface area contributed by atoms with Gasteiger partial charge in [-0.3, -0.25) is 0 Å². The van der Waals surface area contributed by atoms with E-state index in [2.05, 4.69) is 26.1 Å². The zero-order chi connectivity index (χ0) is 13.7. The van der Waals surface area contributed by atoms with Crippen molar-refractivity contribution in [2.24, 2.45) is 29.6 Å². The maximum Gasteiger partial charge on any atom is -0.00179 e. The van der Waals surface area contributed by atoms with E-state index in [1.54, 1.807) is 0 Å². The monoisotopic (exact) mass is 265 g/mol. The van der Waals surface area contributed by atoms with Crippen molar-refractivity contribution in [2.45, 2.75) is 72.1 Å². The van der Waals surface area contributed by atoms with Crippen LogP contribution in [0.15, 0.2) is 0 Å². The third kappa shape index (κ3) is 4.21. The van der Waals surface area contributed by atoms with E-state index in [0.717, 1.165) is 36.1 Å². The van der Waals surface area contributed by atoms with Gasteiger partial charge < -0.3 is 5.32 Å². The minimum Gasteiger partial charge on any atom is -0.317 e. The highest BCUT2D eigenvalue weighted by molar-refractivity contribution is 4.85. The van der Waals surface area contributed by atoms with Crippen LogP contribution in [0.25, 0.3) is 0 Å². The van der Waals surface area contributed by atoms with Gasteiger partial charge in [-0.15, -0.1) is 0 Å². The van der Waals surface area contributed by atoms with E-state index < -0.39 is 0 Å². The van der Waals surface area contributed by atoms with Crippen molar-refractivity contribution in [2.75, 3.05) is 13.1 Å². The van der Waals surface area contributed by atoms with Crippen molar-refractivity contribution in [1.29, 1.82) is 0 Å². The Morgan fingerprint density at radius 1 is 0.895 bits per heavy atom. The lowest BCUT2D eigenvalue weighted by Crippen LogP contribution is -2.34. The molecule has 112 valence electrons. The van der Waals surface area contributed by atoms with E-state index in [0.29, 0.717) is 0 Å². The lowest BCUT2D eigenvalue weighted by molar-refractivity contribution is 0.112. The fourth-order valence-corrected chi connectivity index (χ4v) is 4.59. The molecule has 2 saturated carbocycles. The third-order valence-corrected chi connectivity index (χ3v) is 6.12. The van der Waals surface area contributed by atoms with E-state index in [1.165, 1.54) is 57.9 Å². The molecule has 0 spiro atoms. The molecule has 0 aromatic heterocycles. The first-order valence-electron chi connectivity index (χ1n) is 8.93. The molecular formula is C18H35N. The van der Waals surface area contributed by atoms with Crippen LogP contribution in [-0.2, 0) is 0 Å². The van der Waals surface area contributed by atoms with Crippen LogP contribution in [0.5, 0.6) is 0 Å². The highest BCUT2D eigenvalue weighted by atomic mass is 14.8. The maximum atomic E-state index is 3.63. The lowest BCUT2D eigenvalue weighted by atomic mass is 9.67. The zero-order valence-electron chi connectivity index (χ0n) is 13.5. The Balaban J connectivity index is 1.96. The van der Waals surface area contributed by atoms with Crippen LogP contribution >= 0.6 is 0 Å². The standard InChI is InChI=1S/C18H35N/c1-4-19-13-17-8-6-5-7-9-18(17)16-11-10-14(2)15(3)12-16/h14-19H,4-13H2,1-3H3. The molecule has 5 atom stereocenters. The SMILES string of the molecule is CCNCC1CCCCCC1C1CCC(C)C(C)C1. The molecule has 1 heteroatoms. The fraction of sp³-hybridized carbons (Fsp3) is 1.00. The summed E-state index contributed by atoms with van der Waals surface area (Å²) in [6, 6.07) is 0. The molecule has 0 aliphatic heterocycles. The number of nitrogens with one attached hydrogen (secondary N) is 1. The lowest BCUT2D eigenvalue weighted by Gasteiger charge is -2.39. The summed E-state index contributed by atoms with van der Waals surface area (Å²) in [5, 5.41) is 3.63. The summed E-state index contributed by atoms with van der Waals surface area (Å²) in [4.78, 5) is 0. The van der Waals surface area contributed by atoms with Crippen molar-refractivity contribution in [3.05, 3.63) is 0 Å². The van der Waals surface area contributed by atoms with Gasteiger partial charge in [0.2, 0.25) is 0 Å². The predicted molar refractivity (Wildman–Crippen MR) is 84.3 cm³/mol. The van der Waals surface area contributed by atoms with Crippen LogP contribution in [0.4, 0.5) is 0 Å². The predicted octanol–water partition coefficient (Wildman–Crippen LogP) is 4.86. The van der Waals surface area contributed by atoms with E-state index in [1.807, 2.05) is 0 Å². The van der Waals surface area contributed by atoms with Crippen LogP contribution in [0.2, 0.25) is 0 Å². The molecule has 2 fully saturated rings. The highest BCUT2D eigenvalue weighted by Gasteiger charge is 2.34. The Morgan fingerprint density at radius 3 is 2.42 bits per heavy atom. The second-order valence-corrected chi connectivity index (χ2v) is 7.40. The molecule has 1 N–H and O–H groups in total. The second kappa shape index (κ2) is 7.67. The van der Waals surface area contributed by atoms with Crippen molar-refractivity contribution in [3.8, 4) is 0 Å². The summed E-state index contributed by atoms with van der Waals surface area (Å²) < 4.78 is 0. The van der Waals surface area contributed by atoms with Gasteiger partial charge in [0.05, 0.1) is 0 Å². The van der Waals surface area contributed by atoms with Crippen LogP contribution < -0.4 is 5.32 Å². The summed E-state index contributed by atoms with van der Waals surface area (Å²) in [5.74, 6) is 4.95. The van der Waals surface area contributed by atoms with Crippen molar-refractivity contribution < 1.29 is 0 Å². The average Bonchev–Trinajstić information content (AvgIpc) is 2.65. The normalized spacial score (nSPS) is 40.9. The average molecular weight is 265 g/mol. The Labute approximate surface area is 120 Å². The first kappa shape index (κ1) is 15.4. The molecule has 5 unspecified atom stereocenters. The number of hydrogen-bond donors (Lipinski definition) is 1. The van der Waals surface area contributed by atoms with Gasteiger partial charge in [-0.05, 0) is 68.4 Å². The van der Waals surface area contributed by atoms with Gasteiger partial charge >= 0.3 is 0 Å². The summed E-state index contributed by atoms with van der Waals surface area (Å²) in [7, 11) is 0. The molecule has 0 aromatic rings. The van der Waals surface area contributed by atoms with Crippen LogP contribution in [0, 0.1) is 29.6 Å². The molecule has 2 aliphatic rings. The summed E-state index contributed by atoms with van der Waals surface area (Å²) >= 11 is 0. The second-order valence-electron chi connectivity index (χ2n) is 7.40. The maximum absolute atomic E-state index is 3.63. The summed E-state index contributed by atoms with van der Waals surface area (Å²) in [5.41, 5.74) is 0. The quantitative estimate of drug-likeness (QED) is 0.715. The van der Waals surface area contributed by atoms with Crippen LogP contribution in [0.1, 0.15) is 72.1 Å². The molecule has 0 amide bonds.